The van der Waals surface area contributed by atoms with Gasteiger partial charge in [-0.25, -0.2) is 12.8 Å². The summed E-state index contributed by atoms with van der Waals surface area (Å²) in [7, 11) is -3.52. The molecule has 1 aromatic heterocycles. The molecule has 0 N–H and O–H groups in total. The summed E-state index contributed by atoms with van der Waals surface area (Å²) < 4.78 is 59.8. The number of alkyl halides is 1. The number of aromatic nitrogens is 2. The standard InChI is InChI=1S/C23H30F2N4O4S/c1-17-6-7-20(14-17)33-22-21(16-26-29(23(22)30)19-5-2-4-18(25)15-19)27-9-11-28(12-10-27)34(31,32)13-3-8-24/h2,4-5,15-17,20H,3,6-14H2,1H3. The molecule has 1 saturated carbocycles. The van der Waals surface area contributed by atoms with Crippen LogP contribution in [-0.2, 0) is 10.0 Å². The van der Waals surface area contributed by atoms with Crippen LogP contribution in [0.1, 0.15) is 32.6 Å². The Labute approximate surface area is 198 Å². The molecule has 0 amide bonds. The number of rotatable bonds is 8. The van der Waals surface area contributed by atoms with Gasteiger partial charge in [-0.05, 0) is 49.8 Å². The number of anilines is 1. The van der Waals surface area contributed by atoms with Crippen LogP contribution in [0.5, 0.6) is 5.75 Å². The molecule has 11 heteroatoms. The highest BCUT2D eigenvalue weighted by molar-refractivity contribution is 7.89. The number of benzene rings is 1. The van der Waals surface area contributed by atoms with Crippen molar-refractivity contribution in [3.05, 3.63) is 46.6 Å². The number of nitrogens with zero attached hydrogens (tertiary/aromatic N) is 4. The van der Waals surface area contributed by atoms with Crippen LogP contribution in [0.15, 0.2) is 35.3 Å². The quantitative estimate of drug-likeness (QED) is 0.559. The van der Waals surface area contributed by atoms with E-state index in [9.17, 15) is 22.0 Å². The Morgan fingerprint density at radius 3 is 2.59 bits per heavy atom. The number of piperazine rings is 1. The zero-order valence-electron chi connectivity index (χ0n) is 19.2. The molecule has 1 saturated heterocycles. The van der Waals surface area contributed by atoms with Crippen molar-refractivity contribution >= 4 is 15.7 Å². The van der Waals surface area contributed by atoms with E-state index in [4.69, 9.17) is 4.74 Å². The summed E-state index contributed by atoms with van der Waals surface area (Å²) in [6.07, 6.45) is 4.08. The molecule has 2 atom stereocenters. The third-order valence-corrected chi connectivity index (χ3v) is 8.36. The first kappa shape index (κ1) is 24.6. The number of ether oxygens (including phenoxy) is 1. The van der Waals surface area contributed by atoms with Gasteiger partial charge < -0.3 is 9.64 Å². The lowest BCUT2D eigenvalue weighted by Gasteiger charge is -2.36. The fraction of sp³-hybridized carbons (Fsp3) is 0.565. The van der Waals surface area contributed by atoms with Gasteiger partial charge in [0.15, 0.2) is 0 Å². The minimum absolute atomic E-state index is 0.0252. The molecule has 0 radical (unpaired) electrons. The van der Waals surface area contributed by atoms with Crippen molar-refractivity contribution < 1.29 is 21.9 Å². The maximum atomic E-state index is 13.8. The van der Waals surface area contributed by atoms with E-state index in [0.717, 1.165) is 23.9 Å². The topological polar surface area (TPSA) is 84.7 Å². The molecule has 1 aromatic carbocycles. The molecular weight excluding hydrogens is 466 g/mol. The molecule has 1 aliphatic carbocycles. The molecule has 0 bridgehead atoms. The first-order chi connectivity index (χ1) is 16.3. The number of sulfonamides is 1. The predicted octanol–water partition coefficient (Wildman–Crippen LogP) is 2.75. The van der Waals surface area contributed by atoms with Crippen molar-refractivity contribution in [2.24, 2.45) is 5.92 Å². The predicted molar refractivity (Wildman–Crippen MR) is 125 cm³/mol. The molecular formula is C23H30F2N4O4S. The molecule has 4 rings (SSSR count). The van der Waals surface area contributed by atoms with Gasteiger partial charge in [-0.1, -0.05) is 13.0 Å². The number of hydrogen-bond acceptors (Lipinski definition) is 6. The van der Waals surface area contributed by atoms with E-state index in [0.29, 0.717) is 30.4 Å². The van der Waals surface area contributed by atoms with Gasteiger partial charge in [0, 0.05) is 26.2 Å². The maximum Gasteiger partial charge on any atom is 0.316 e. The van der Waals surface area contributed by atoms with Crippen LogP contribution in [0, 0.1) is 11.7 Å². The van der Waals surface area contributed by atoms with Crippen LogP contribution in [-0.4, -0.2) is 67.2 Å². The summed E-state index contributed by atoms with van der Waals surface area (Å²) in [6.45, 7) is 2.61. The van der Waals surface area contributed by atoms with E-state index in [1.165, 1.54) is 28.7 Å². The van der Waals surface area contributed by atoms with E-state index in [1.54, 1.807) is 6.07 Å². The second kappa shape index (κ2) is 10.4. The van der Waals surface area contributed by atoms with E-state index < -0.39 is 28.1 Å². The highest BCUT2D eigenvalue weighted by atomic mass is 32.2. The summed E-state index contributed by atoms with van der Waals surface area (Å²) in [4.78, 5) is 15.3. The van der Waals surface area contributed by atoms with Gasteiger partial charge in [-0.2, -0.15) is 14.1 Å². The van der Waals surface area contributed by atoms with Crippen LogP contribution in [0.2, 0.25) is 0 Å². The largest absolute Gasteiger partial charge is 0.483 e. The zero-order valence-corrected chi connectivity index (χ0v) is 20.0. The average molecular weight is 497 g/mol. The van der Waals surface area contributed by atoms with Crippen LogP contribution >= 0.6 is 0 Å². The molecule has 0 spiro atoms. The molecule has 1 aliphatic heterocycles. The molecule has 2 aliphatic rings. The van der Waals surface area contributed by atoms with E-state index >= 15 is 0 Å². The minimum Gasteiger partial charge on any atom is -0.483 e. The SMILES string of the molecule is CC1CCC(Oc2c(N3CCN(S(=O)(=O)CCCF)CC3)cnn(-c3cccc(F)c3)c2=O)C1. The Morgan fingerprint density at radius 2 is 1.94 bits per heavy atom. The summed E-state index contributed by atoms with van der Waals surface area (Å²) in [5, 5.41) is 4.27. The normalized spacial score (nSPS) is 21.7. The van der Waals surface area contributed by atoms with Crippen molar-refractivity contribution in [1.29, 1.82) is 0 Å². The van der Waals surface area contributed by atoms with Crippen molar-refractivity contribution in [1.82, 2.24) is 14.1 Å². The Balaban J connectivity index is 1.62. The van der Waals surface area contributed by atoms with Gasteiger partial charge in [0.25, 0.3) is 0 Å². The fourth-order valence-electron chi connectivity index (χ4n) is 4.56. The Morgan fingerprint density at radius 1 is 1.18 bits per heavy atom. The minimum atomic E-state index is -3.52. The Hall–Kier alpha value is -2.53. The van der Waals surface area contributed by atoms with E-state index in [-0.39, 0.29) is 37.1 Å². The number of hydrogen-bond donors (Lipinski definition) is 0. The summed E-state index contributed by atoms with van der Waals surface area (Å²) in [5.74, 6) is -0.0541. The lowest BCUT2D eigenvalue weighted by molar-refractivity contribution is 0.201. The molecule has 2 aromatic rings. The van der Waals surface area contributed by atoms with E-state index in [2.05, 4.69) is 12.0 Å². The Bertz CT molecular complexity index is 1170. The summed E-state index contributed by atoms with van der Waals surface area (Å²) in [5.41, 5.74) is 0.309. The molecule has 2 fully saturated rings. The molecule has 2 unspecified atom stereocenters. The maximum absolute atomic E-state index is 13.8. The lowest BCUT2D eigenvalue weighted by atomic mass is 10.1. The smallest absolute Gasteiger partial charge is 0.316 e. The van der Waals surface area contributed by atoms with Gasteiger partial charge in [0.05, 0.1) is 30.4 Å². The highest BCUT2D eigenvalue weighted by Gasteiger charge is 2.31. The average Bonchev–Trinajstić information content (AvgIpc) is 3.23. The second-order valence-electron chi connectivity index (χ2n) is 8.96. The van der Waals surface area contributed by atoms with Crippen molar-refractivity contribution in [2.75, 3.05) is 43.5 Å². The highest BCUT2D eigenvalue weighted by Crippen LogP contribution is 2.32. The third-order valence-electron chi connectivity index (χ3n) is 6.41. The van der Waals surface area contributed by atoms with Crippen LogP contribution in [0.4, 0.5) is 14.5 Å². The Kier molecular flexibility index (Phi) is 7.51. The van der Waals surface area contributed by atoms with Gasteiger partial charge in [-0.3, -0.25) is 9.18 Å². The first-order valence-corrected chi connectivity index (χ1v) is 13.2. The zero-order chi connectivity index (χ0) is 24.3. The number of halogens is 2. The van der Waals surface area contributed by atoms with Gasteiger partial charge >= 0.3 is 5.56 Å². The lowest BCUT2D eigenvalue weighted by Crippen LogP contribution is -2.49. The third kappa shape index (κ3) is 5.41. The second-order valence-corrected chi connectivity index (χ2v) is 11.0. The van der Waals surface area contributed by atoms with Crippen LogP contribution < -0.4 is 15.2 Å². The molecule has 34 heavy (non-hydrogen) atoms. The first-order valence-electron chi connectivity index (χ1n) is 11.6. The van der Waals surface area contributed by atoms with Gasteiger partial charge in [-0.15, -0.1) is 0 Å². The molecule has 2 heterocycles. The summed E-state index contributed by atoms with van der Waals surface area (Å²) in [6, 6.07) is 5.63. The van der Waals surface area contributed by atoms with Crippen molar-refractivity contribution in [3.63, 3.8) is 0 Å². The van der Waals surface area contributed by atoms with E-state index in [1.807, 2.05) is 4.90 Å². The fourth-order valence-corrected chi connectivity index (χ4v) is 6.01. The molecule has 8 nitrogen and oxygen atoms in total. The van der Waals surface area contributed by atoms with Crippen LogP contribution in [0.3, 0.4) is 0 Å². The van der Waals surface area contributed by atoms with Crippen molar-refractivity contribution in [2.45, 2.75) is 38.7 Å². The summed E-state index contributed by atoms with van der Waals surface area (Å²) >= 11 is 0. The van der Waals surface area contributed by atoms with Gasteiger partial charge in [0.2, 0.25) is 15.8 Å². The monoisotopic (exact) mass is 496 g/mol. The van der Waals surface area contributed by atoms with Gasteiger partial charge in [0.1, 0.15) is 11.5 Å². The molecule has 186 valence electrons. The van der Waals surface area contributed by atoms with Crippen molar-refractivity contribution in [3.8, 4) is 11.4 Å². The van der Waals surface area contributed by atoms with Crippen LogP contribution in [0.25, 0.3) is 5.69 Å².